The van der Waals surface area contributed by atoms with Crippen LogP contribution in [0, 0.1) is 0 Å². The van der Waals surface area contributed by atoms with Gasteiger partial charge in [-0.15, -0.1) is 0 Å². The second-order valence-electron chi connectivity index (χ2n) is 24.6. The summed E-state index contributed by atoms with van der Waals surface area (Å²) in [6.07, 6.45) is 62.6. The standard InChI is InChI=1S/C73H129NO13/c1-3-5-7-9-11-13-15-17-18-19-20-21-22-23-24-25-26-27-28-29-30-31-32-33-34-35-36-37-38-39-40-41-42-43-44-45-47-49-51-53-55-57-65(78)74-61(62(77)56-54-52-50-48-46-16-14-12-10-8-6-4-2)60-84-72-70(83)68(81)71(64(59-76)86-72)87-73-69(82)67(80)66(79)63(58-75)85-73/h5,7,10-13,17-18,20-21,46,48,54,56,61-64,66-73,75-77,79-83H,3-4,6,8-9,14-16,19,22-45,47,49-53,55,57-60H2,1-2H3,(H,74,78)/b7-5-,12-10+,13-11-,18-17-,21-20-,48-46+,56-54+. The van der Waals surface area contributed by atoms with E-state index in [1.54, 1.807) is 6.08 Å². The summed E-state index contributed by atoms with van der Waals surface area (Å²) in [7, 11) is 0. The van der Waals surface area contributed by atoms with Crippen LogP contribution in [0.4, 0.5) is 0 Å². The Morgan fingerprint density at radius 1 is 0.425 bits per heavy atom. The van der Waals surface area contributed by atoms with Crippen LogP contribution >= 0.6 is 0 Å². The number of ether oxygens (including phenoxy) is 4. The molecule has 12 unspecified atom stereocenters. The second kappa shape index (κ2) is 57.1. The molecule has 504 valence electrons. The van der Waals surface area contributed by atoms with Crippen molar-refractivity contribution in [1.29, 1.82) is 0 Å². The minimum atomic E-state index is -1.79. The van der Waals surface area contributed by atoms with Crippen molar-refractivity contribution in [3.8, 4) is 0 Å². The molecule has 2 rings (SSSR count). The Hall–Kier alpha value is -2.83. The lowest BCUT2D eigenvalue weighted by Gasteiger charge is -2.46. The highest BCUT2D eigenvalue weighted by atomic mass is 16.7. The molecule has 0 aromatic carbocycles. The zero-order valence-electron chi connectivity index (χ0n) is 54.7. The summed E-state index contributed by atoms with van der Waals surface area (Å²) in [5, 5.41) is 87.1. The van der Waals surface area contributed by atoms with Gasteiger partial charge in [-0.25, -0.2) is 0 Å². The van der Waals surface area contributed by atoms with Gasteiger partial charge in [0, 0.05) is 6.42 Å². The van der Waals surface area contributed by atoms with Crippen LogP contribution in [0.1, 0.15) is 277 Å². The highest BCUT2D eigenvalue weighted by Gasteiger charge is 2.51. The topological polar surface area (TPSA) is 228 Å². The molecule has 2 aliphatic heterocycles. The summed E-state index contributed by atoms with van der Waals surface area (Å²) >= 11 is 0. The fourth-order valence-electron chi connectivity index (χ4n) is 11.2. The maximum absolute atomic E-state index is 13.3. The quantitative estimate of drug-likeness (QED) is 0.0204. The van der Waals surface area contributed by atoms with Gasteiger partial charge in [0.25, 0.3) is 0 Å². The molecule has 0 aromatic rings. The molecule has 2 aliphatic rings. The van der Waals surface area contributed by atoms with Crippen LogP contribution in [0.5, 0.6) is 0 Å². The molecule has 87 heavy (non-hydrogen) atoms. The van der Waals surface area contributed by atoms with E-state index in [-0.39, 0.29) is 18.9 Å². The second-order valence-corrected chi connectivity index (χ2v) is 24.6. The number of hydrogen-bond acceptors (Lipinski definition) is 13. The summed E-state index contributed by atoms with van der Waals surface area (Å²) in [6.45, 7) is 2.61. The third kappa shape index (κ3) is 41.3. The van der Waals surface area contributed by atoms with Crippen molar-refractivity contribution in [2.75, 3.05) is 19.8 Å². The molecule has 0 bridgehead atoms. The number of aliphatic hydroxyl groups excluding tert-OH is 8. The SMILES string of the molecule is CC/C=C\C/C=C\C/C=C\C/C=C\CCCCCCCCCCCCCCCCCCCCCCCCCCCCCCC(=O)NC(COC1OC(CO)C(OC2OC(CO)C(O)C(O)C2O)C(O)C1O)C(O)/C=C/CC/C=C/CC/C=C/CCCC. The third-order valence-electron chi connectivity index (χ3n) is 16.8. The Bertz CT molecular complexity index is 1780. The number of hydrogen-bond donors (Lipinski definition) is 9. The number of allylic oxidation sites excluding steroid dienone is 13. The van der Waals surface area contributed by atoms with Crippen molar-refractivity contribution in [2.24, 2.45) is 0 Å². The third-order valence-corrected chi connectivity index (χ3v) is 16.8. The molecule has 12 atom stereocenters. The molecular formula is C73H129NO13. The van der Waals surface area contributed by atoms with Gasteiger partial charge in [0.05, 0.1) is 32.0 Å². The molecule has 2 fully saturated rings. The summed E-state index contributed by atoms with van der Waals surface area (Å²) < 4.78 is 22.8. The Balaban J connectivity index is 1.53. The van der Waals surface area contributed by atoms with Crippen molar-refractivity contribution in [1.82, 2.24) is 5.32 Å². The molecule has 14 nitrogen and oxygen atoms in total. The molecular weight excluding hydrogens is 1100 g/mol. The average molecular weight is 1230 g/mol. The minimum absolute atomic E-state index is 0.252. The van der Waals surface area contributed by atoms with E-state index in [0.717, 1.165) is 70.6 Å². The molecule has 0 spiro atoms. The van der Waals surface area contributed by atoms with E-state index in [9.17, 15) is 45.6 Å². The lowest BCUT2D eigenvalue weighted by molar-refractivity contribution is -0.359. The molecule has 2 saturated heterocycles. The van der Waals surface area contributed by atoms with Gasteiger partial charge >= 0.3 is 0 Å². The van der Waals surface area contributed by atoms with Gasteiger partial charge < -0.3 is 65.1 Å². The van der Waals surface area contributed by atoms with E-state index in [1.165, 1.54) is 173 Å². The Morgan fingerprint density at radius 3 is 1.26 bits per heavy atom. The summed E-state index contributed by atoms with van der Waals surface area (Å²) in [5.41, 5.74) is 0. The van der Waals surface area contributed by atoms with Gasteiger partial charge in [-0.1, -0.05) is 279 Å². The van der Waals surface area contributed by atoms with Crippen molar-refractivity contribution >= 4 is 5.91 Å². The van der Waals surface area contributed by atoms with Crippen LogP contribution in [0.3, 0.4) is 0 Å². The van der Waals surface area contributed by atoms with Crippen LogP contribution in [0.15, 0.2) is 85.1 Å². The van der Waals surface area contributed by atoms with Crippen LogP contribution in [-0.2, 0) is 23.7 Å². The predicted octanol–water partition coefficient (Wildman–Crippen LogP) is 14.4. The summed E-state index contributed by atoms with van der Waals surface area (Å²) in [4.78, 5) is 13.3. The number of carbonyl (C=O) groups excluding carboxylic acids is 1. The van der Waals surface area contributed by atoms with Gasteiger partial charge in [0.15, 0.2) is 12.6 Å². The fourth-order valence-corrected chi connectivity index (χ4v) is 11.2. The molecule has 0 aromatic heterocycles. The molecule has 9 N–H and O–H groups in total. The number of carbonyl (C=O) groups is 1. The Kier molecular flexibility index (Phi) is 52.7. The smallest absolute Gasteiger partial charge is 0.220 e. The summed E-state index contributed by atoms with van der Waals surface area (Å²) in [5.74, 6) is -0.252. The number of unbranched alkanes of at least 4 members (excludes halogenated alkanes) is 32. The van der Waals surface area contributed by atoms with Gasteiger partial charge in [-0.05, 0) is 77.0 Å². The summed E-state index contributed by atoms with van der Waals surface area (Å²) in [6, 6.07) is -0.938. The zero-order chi connectivity index (χ0) is 63.1. The van der Waals surface area contributed by atoms with Gasteiger partial charge in [0.1, 0.15) is 48.8 Å². The predicted molar refractivity (Wildman–Crippen MR) is 355 cm³/mol. The van der Waals surface area contributed by atoms with Crippen molar-refractivity contribution < 1.29 is 64.6 Å². The van der Waals surface area contributed by atoms with E-state index >= 15 is 0 Å². The van der Waals surface area contributed by atoms with E-state index in [0.29, 0.717) is 12.8 Å². The Morgan fingerprint density at radius 2 is 0.805 bits per heavy atom. The van der Waals surface area contributed by atoms with E-state index in [4.69, 9.17) is 18.9 Å². The van der Waals surface area contributed by atoms with Gasteiger partial charge in [-0.2, -0.15) is 0 Å². The molecule has 0 radical (unpaired) electrons. The largest absolute Gasteiger partial charge is 0.394 e. The van der Waals surface area contributed by atoms with Gasteiger partial charge in [-0.3, -0.25) is 4.79 Å². The van der Waals surface area contributed by atoms with Crippen molar-refractivity contribution in [2.45, 2.75) is 351 Å². The first-order valence-electron chi connectivity index (χ1n) is 35.3. The van der Waals surface area contributed by atoms with E-state index < -0.39 is 86.8 Å². The van der Waals surface area contributed by atoms with Gasteiger partial charge in [0.2, 0.25) is 5.91 Å². The lowest BCUT2D eigenvalue weighted by Crippen LogP contribution is -2.65. The first-order valence-corrected chi connectivity index (χ1v) is 35.3. The molecule has 0 aliphatic carbocycles. The number of aliphatic hydroxyl groups is 8. The van der Waals surface area contributed by atoms with Crippen LogP contribution in [-0.4, -0.2) is 140 Å². The highest BCUT2D eigenvalue weighted by Crippen LogP contribution is 2.30. The van der Waals surface area contributed by atoms with Crippen molar-refractivity contribution in [3.05, 3.63) is 85.1 Å². The first-order chi connectivity index (χ1) is 42.6. The molecule has 1 amide bonds. The molecule has 0 saturated carbocycles. The lowest BCUT2D eigenvalue weighted by atomic mass is 9.97. The maximum Gasteiger partial charge on any atom is 0.220 e. The number of amides is 1. The zero-order valence-corrected chi connectivity index (χ0v) is 54.7. The maximum atomic E-state index is 13.3. The van der Waals surface area contributed by atoms with E-state index in [2.05, 4.69) is 92.1 Å². The minimum Gasteiger partial charge on any atom is -0.394 e. The van der Waals surface area contributed by atoms with Crippen LogP contribution in [0.2, 0.25) is 0 Å². The van der Waals surface area contributed by atoms with Crippen molar-refractivity contribution in [3.63, 3.8) is 0 Å². The normalized spacial score (nSPS) is 23.8. The van der Waals surface area contributed by atoms with Crippen LogP contribution < -0.4 is 5.32 Å². The highest BCUT2D eigenvalue weighted by molar-refractivity contribution is 5.76. The number of nitrogens with one attached hydrogen (secondary N) is 1. The first kappa shape index (κ1) is 80.3. The monoisotopic (exact) mass is 1230 g/mol. The Labute approximate surface area is 529 Å². The average Bonchev–Trinajstić information content (AvgIpc) is 2.31. The number of rotatable bonds is 57. The molecule has 14 heteroatoms. The van der Waals surface area contributed by atoms with Crippen LogP contribution in [0.25, 0.3) is 0 Å². The van der Waals surface area contributed by atoms with E-state index in [1.807, 2.05) is 6.08 Å². The fraction of sp³-hybridized carbons (Fsp3) is 0.795. The molecule has 2 heterocycles.